The Morgan fingerprint density at radius 3 is 2.67 bits per heavy atom. The molecule has 9 nitrogen and oxygen atoms in total. The highest BCUT2D eigenvalue weighted by molar-refractivity contribution is 7.91. The van der Waals surface area contributed by atoms with E-state index in [1.807, 2.05) is 0 Å². The van der Waals surface area contributed by atoms with Crippen LogP contribution < -0.4 is 10.0 Å². The monoisotopic (exact) mass is 472 g/mol. The van der Waals surface area contributed by atoms with Gasteiger partial charge in [0.1, 0.15) is 5.82 Å². The molecule has 2 heterocycles. The quantitative estimate of drug-likeness (QED) is 0.436. The van der Waals surface area contributed by atoms with Crippen LogP contribution in [0.25, 0.3) is 11.1 Å². The highest BCUT2D eigenvalue weighted by atomic mass is 32.2. The van der Waals surface area contributed by atoms with Crippen LogP contribution in [0.2, 0.25) is 0 Å². The number of benzene rings is 1. The average Bonchev–Trinajstić information content (AvgIpc) is 3.39. The van der Waals surface area contributed by atoms with E-state index in [0.29, 0.717) is 40.8 Å². The Labute approximate surface area is 191 Å². The van der Waals surface area contributed by atoms with Crippen molar-refractivity contribution in [2.75, 3.05) is 5.32 Å². The fourth-order valence-electron chi connectivity index (χ4n) is 3.94. The number of aromatic nitrogens is 3. The van der Waals surface area contributed by atoms with Crippen LogP contribution in [0.5, 0.6) is 0 Å². The second kappa shape index (κ2) is 8.56. The van der Waals surface area contributed by atoms with Gasteiger partial charge in [0, 0.05) is 24.2 Å². The Bertz CT molecular complexity index is 1300. The summed E-state index contributed by atoms with van der Waals surface area (Å²) < 4.78 is 39.3. The molecular formula is C22H25FN6O3S. The van der Waals surface area contributed by atoms with Gasteiger partial charge in [0.2, 0.25) is 0 Å². The number of fused-ring (bicyclic) bond motifs is 1. The number of halogens is 1. The van der Waals surface area contributed by atoms with Gasteiger partial charge < -0.3 is 10.4 Å². The van der Waals surface area contributed by atoms with Crippen molar-refractivity contribution in [3.8, 4) is 11.1 Å². The smallest absolute Gasteiger partial charge is 0.332 e. The molecule has 1 aromatic carbocycles. The number of pyridine rings is 1. The van der Waals surface area contributed by atoms with E-state index in [2.05, 4.69) is 20.1 Å². The van der Waals surface area contributed by atoms with Gasteiger partial charge in [0.15, 0.2) is 14.9 Å². The average molecular weight is 473 g/mol. The first-order valence-corrected chi connectivity index (χ1v) is 12.0. The molecule has 174 valence electrons. The van der Waals surface area contributed by atoms with Gasteiger partial charge in [-0.2, -0.15) is 5.10 Å². The summed E-state index contributed by atoms with van der Waals surface area (Å²) in [6.45, 7) is 3.32. The number of carbonyl (C=O) groups is 1. The normalized spacial score (nSPS) is 15.0. The summed E-state index contributed by atoms with van der Waals surface area (Å²) in [5, 5.41) is 16.5. The van der Waals surface area contributed by atoms with Crippen LogP contribution in [-0.2, 0) is 29.3 Å². The Balaban J connectivity index is 1.61. The highest BCUT2D eigenvalue weighted by Gasteiger charge is 2.26. The second-order valence-electron chi connectivity index (χ2n) is 8.60. The lowest BCUT2D eigenvalue weighted by Gasteiger charge is -2.18. The summed E-state index contributed by atoms with van der Waals surface area (Å²) in [4.78, 5) is 16.8. The molecule has 0 radical (unpaired) electrons. The van der Waals surface area contributed by atoms with Gasteiger partial charge in [-0.3, -0.25) is 9.67 Å². The van der Waals surface area contributed by atoms with Crippen molar-refractivity contribution in [2.24, 2.45) is 0 Å². The van der Waals surface area contributed by atoms with Crippen LogP contribution in [0, 0.1) is 10.6 Å². The Morgan fingerprint density at radius 1 is 1.27 bits per heavy atom. The van der Waals surface area contributed by atoms with E-state index in [0.717, 1.165) is 6.42 Å². The van der Waals surface area contributed by atoms with Crippen LogP contribution in [0.1, 0.15) is 31.4 Å². The van der Waals surface area contributed by atoms with Crippen LogP contribution in [0.15, 0.2) is 47.9 Å². The lowest BCUT2D eigenvalue weighted by Crippen LogP contribution is -2.34. The van der Waals surface area contributed by atoms with Crippen molar-refractivity contribution >= 4 is 21.6 Å². The standard InChI is InChI=1S/C22H25FN6O3S/c1-22(2,31)13-29-11-8-19(27-29)33(24,32)28-21(30)26-20-16-5-3-4-15(16)18(23)12-17(20)14-6-9-25-10-7-14/h6-12,31H,3-5,13H2,1-2H3,(H3,24,26,28,30,32). The maximum absolute atomic E-state index is 14.7. The number of nitrogens with zero attached hydrogens (tertiary/aromatic N) is 3. The number of amides is 2. The van der Waals surface area contributed by atoms with Gasteiger partial charge in [-0.25, -0.2) is 22.9 Å². The molecular weight excluding hydrogens is 447 g/mol. The molecule has 4 rings (SSSR count). The van der Waals surface area contributed by atoms with Crippen molar-refractivity contribution in [2.45, 2.75) is 50.3 Å². The molecule has 11 heteroatoms. The topological polar surface area (TPSA) is 133 Å². The van der Waals surface area contributed by atoms with E-state index in [-0.39, 0.29) is 17.4 Å². The third kappa shape index (κ3) is 5.04. The largest absolute Gasteiger partial charge is 0.389 e. The number of anilines is 1. The van der Waals surface area contributed by atoms with E-state index in [9.17, 15) is 18.5 Å². The zero-order valence-electron chi connectivity index (χ0n) is 18.3. The van der Waals surface area contributed by atoms with E-state index < -0.39 is 21.5 Å². The zero-order chi connectivity index (χ0) is 23.8. The van der Waals surface area contributed by atoms with Crippen molar-refractivity contribution in [3.63, 3.8) is 0 Å². The first-order valence-electron chi connectivity index (χ1n) is 10.4. The van der Waals surface area contributed by atoms with Crippen LogP contribution >= 0.6 is 0 Å². The van der Waals surface area contributed by atoms with Gasteiger partial charge in [-0.05, 0) is 74.1 Å². The number of hydrogen-bond donors (Lipinski definition) is 4. The van der Waals surface area contributed by atoms with E-state index >= 15 is 0 Å². The Kier molecular flexibility index (Phi) is 5.93. The van der Waals surface area contributed by atoms with Gasteiger partial charge in [0.25, 0.3) is 0 Å². The molecule has 2 aromatic heterocycles. The lowest BCUT2D eigenvalue weighted by molar-refractivity contribution is 0.0573. The van der Waals surface area contributed by atoms with Crippen molar-refractivity contribution in [1.29, 1.82) is 4.78 Å². The summed E-state index contributed by atoms with van der Waals surface area (Å²) in [7, 11) is -3.77. The fourth-order valence-corrected chi connectivity index (χ4v) is 4.83. The summed E-state index contributed by atoms with van der Waals surface area (Å²) in [5.74, 6) is -0.332. The molecule has 0 bridgehead atoms. The van der Waals surface area contributed by atoms with Gasteiger partial charge in [-0.1, -0.05) is 0 Å². The van der Waals surface area contributed by atoms with Gasteiger partial charge in [0.05, 0.1) is 17.8 Å². The minimum absolute atomic E-state index is 0.131. The van der Waals surface area contributed by atoms with Crippen LogP contribution in [0.3, 0.4) is 0 Å². The number of nitrogens with one attached hydrogen (secondary N) is 3. The fraction of sp³-hybridized carbons (Fsp3) is 0.318. The predicted molar refractivity (Wildman–Crippen MR) is 121 cm³/mol. The molecule has 1 aliphatic rings. The van der Waals surface area contributed by atoms with Crippen LogP contribution in [-0.4, -0.2) is 35.7 Å². The summed E-state index contributed by atoms with van der Waals surface area (Å²) in [5.41, 5.74) is 1.78. The Morgan fingerprint density at radius 2 is 1.97 bits per heavy atom. The summed E-state index contributed by atoms with van der Waals surface area (Å²) in [6, 6.07) is 5.30. The SMILES string of the molecule is CC(C)(O)Cn1ccc(S(=N)(=O)NC(=O)Nc2c(-c3ccncc3)cc(F)c3c2CCC3)n1. The molecule has 0 fully saturated rings. The van der Waals surface area contributed by atoms with E-state index in [4.69, 9.17) is 4.78 Å². The summed E-state index contributed by atoms with van der Waals surface area (Å²) >= 11 is 0. The lowest BCUT2D eigenvalue weighted by atomic mass is 9.97. The molecule has 0 saturated heterocycles. The predicted octanol–water partition coefficient (Wildman–Crippen LogP) is 3.49. The molecule has 3 aromatic rings. The molecule has 1 aliphatic carbocycles. The molecule has 1 unspecified atom stereocenters. The number of carbonyl (C=O) groups excluding carboxylic acids is 1. The van der Waals surface area contributed by atoms with Crippen molar-refractivity contribution in [1.82, 2.24) is 19.5 Å². The molecule has 0 saturated carbocycles. The molecule has 4 N–H and O–H groups in total. The number of urea groups is 1. The minimum Gasteiger partial charge on any atom is -0.389 e. The second-order valence-corrected chi connectivity index (χ2v) is 10.3. The maximum atomic E-state index is 14.7. The molecule has 33 heavy (non-hydrogen) atoms. The van der Waals surface area contributed by atoms with Gasteiger partial charge >= 0.3 is 6.03 Å². The maximum Gasteiger partial charge on any atom is 0.332 e. The van der Waals surface area contributed by atoms with E-state index in [1.165, 1.54) is 23.0 Å². The number of aliphatic hydroxyl groups is 1. The third-order valence-electron chi connectivity index (χ3n) is 5.27. The zero-order valence-corrected chi connectivity index (χ0v) is 19.1. The van der Waals surface area contributed by atoms with E-state index in [1.54, 1.807) is 38.4 Å². The van der Waals surface area contributed by atoms with Crippen LogP contribution in [0.4, 0.5) is 14.9 Å². The number of rotatable bonds is 6. The third-order valence-corrected chi connectivity index (χ3v) is 6.55. The molecule has 1 atom stereocenters. The van der Waals surface area contributed by atoms with Gasteiger partial charge in [-0.15, -0.1) is 0 Å². The summed E-state index contributed by atoms with van der Waals surface area (Å²) in [6.07, 6.45) is 6.56. The molecule has 0 spiro atoms. The highest BCUT2D eigenvalue weighted by Crippen LogP contribution is 2.39. The first-order chi connectivity index (χ1) is 15.5. The Hall–Kier alpha value is -3.31. The molecule has 0 aliphatic heterocycles. The number of hydrogen-bond acceptors (Lipinski definition) is 6. The first kappa shape index (κ1) is 22.9. The minimum atomic E-state index is -3.77. The van der Waals surface area contributed by atoms with Crippen molar-refractivity contribution in [3.05, 3.63) is 59.8 Å². The molecule has 2 amide bonds. The van der Waals surface area contributed by atoms with Crippen molar-refractivity contribution < 1.29 is 18.5 Å².